The van der Waals surface area contributed by atoms with Crippen molar-refractivity contribution in [2.24, 2.45) is 0 Å². The van der Waals surface area contributed by atoms with E-state index >= 15 is 0 Å². The maximum Gasteiger partial charge on any atom is 0.249 e. The van der Waals surface area contributed by atoms with Gasteiger partial charge in [-0.3, -0.25) is 4.84 Å². The topological polar surface area (TPSA) is 49.7 Å². The van der Waals surface area contributed by atoms with Crippen LogP contribution in [0.4, 0.5) is 0 Å². The van der Waals surface area contributed by atoms with E-state index in [1.54, 1.807) is 12.1 Å². The average Bonchev–Trinajstić information content (AvgIpc) is 3.32. The Hall–Kier alpha value is -1.95. The molecule has 0 saturated carbocycles. The van der Waals surface area contributed by atoms with Gasteiger partial charge in [-0.2, -0.15) is 0 Å². The van der Waals surface area contributed by atoms with Gasteiger partial charge in [0.2, 0.25) is 10.0 Å². The van der Waals surface area contributed by atoms with Gasteiger partial charge in [-0.25, -0.2) is 8.42 Å². The van der Waals surface area contributed by atoms with E-state index < -0.39 is 21.5 Å². The van der Waals surface area contributed by atoms with Crippen LogP contribution < -0.4 is 0 Å². The van der Waals surface area contributed by atoms with Crippen molar-refractivity contribution in [1.82, 2.24) is 4.47 Å². The molecule has 22 heavy (non-hydrogen) atoms. The molecule has 1 heterocycles. The van der Waals surface area contributed by atoms with E-state index in [-0.39, 0.29) is 0 Å². The number of hydrogen-bond acceptors (Lipinski definition) is 3. The zero-order chi connectivity index (χ0) is 15.7. The summed E-state index contributed by atoms with van der Waals surface area (Å²) in [4.78, 5) is 5.29. The Morgan fingerprint density at radius 2 is 1.77 bits per heavy atom. The van der Waals surface area contributed by atoms with Crippen LogP contribution >= 0.6 is 0 Å². The second-order valence-corrected chi connectivity index (χ2v) is 7.13. The maximum atomic E-state index is 12.7. The minimum absolute atomic E-state index is 0.543. The largest absolute Gasteiger partial charge is 0.254 e. The Labute approximate surface area is 130 Å². The second-order valence-electron chi connectivity index (χ2n) is 5.24. The molecule has 3 unspecified atom stereocenters. The summed E-state index contributed by atoms with van der Waals surface area (Å²) in [7, 11) is -3.65. The lowest BCUT2D eigenvalue weighted by Crippen LogP contribution is -2.19. The molecule has 1 aliphatic rings. The van der Waals surface area contributed by atoms with Crippen LogP contribution in [0.2, 0.25) is 0 Å². The highest BCUT2D eigenvalue weighted by atomic mass is 32.2. The molecule has 0 aromatic heterocycles. The van der Waals surface area contributed by atoms with Gasteiger partial charge in [-0.05, 0) is 17.0 Å². The summed E-state index contributed by atoms with van der Waals surface area (Å²) in [5, 5.41) is -0.818. The van der Waals surface area contributed by atoms with Crippen molar-refractivity contribution in [2.45, 2.75) is 18.4 Å². The van der Waals surface area contributed by atoms with Crippen LogP contribution in [0, 0.1) is 6.92 Å². The molecule has 1 aliphatic heterocycles. The molecule has 5 heteroatoms. The van der Waals surface area contributed by atoms with E-state index in [2.05, 4.69) is 6.58 Å². The molecule has 0 bridgehead atoms. The summed E-state index contributed by atoms with van der Waals surface area (Å²) in [5.41, 5.74) is 2.58. The number of aryl methyl sites for hydroxylation is 1. The van der Waals surface area contributed by atoms with Gasteiger partial charge in [0, 0.05) is 5.56 Å². The molecule has 1 fully saturated rings. The van der Waals surface area contributed by atoms with Crippen molar-refractivity contribution in [3.05, 3.63) is 83.9 Å². The van der Waals surface area contributed by atoms with Gasteiger partial charge in [0.15, 0.2) is 6.23 Å². The molecular formula is C17H17NO3S. The molecule has 4 nitrogen and oxygen atoms in total. The van der Waals surface area contributed by atoms with Crippen LogP contribution in [-0.4, -0.2) is 12.9 Å². The molecule has 0 spiro atoms. The molecule has 2 aromatic carbocycles. The highest BCUT2D eigenvalue weighted by Gasteiger charge is 2.50. The maximum absolute atomic E-state index is 12.7. The second kappa shape index (κ2) is 5.68. The van der Waals surface area contributed by atoms with Gasteiger partial charge in [-0.1, -0.05) is 66.2 Å². The first-order chi connectivity index (χ1) is 10.5. The first-order valence-electron chi connectivity index (χ1n) is 6.98. The van der Waals surface area contributed by atoms with Crippen LogP contribution in [0.25, 0.3) is 0 Å². The molecule has 0 N–H and O–H groups in total. The smallest absolute Gasteiger partial charge is 0.249 e. The lowest BCUT2D eigenvalue weighted by atomic mass is 10.1. The minimum atomic E-state index is -3.65. The molecule has 0 amide bonds. The summed E-state index contributed by atoms with van der Waals surface area (Å²) in [5.74, 6) is 0. The molecule has 3 atom stereocenters. The average molecular weight is 315 g/mol. The third-order valence-corrected chi connectivity index (χ3v) is 5.51. The zero-order valence-corrected chi connectivity index (χ0v) is 13.0. The van der Waals surface area contributed by atoms with Gasteiger partial charge >= 0.3 is 0 Å². The number of rotatable bonds is 5. The van der Waals surface area contributed by atoms with Crippen molar-refractivity contribution < 1.29 is 13.3 Å². The fourth-order valence-corrected chi connectivity index (χ4v) is 3.92. The molecule has 3 rings (SSSR count). The van der Waals surface area contributed by atoms with Crippen molar-refractivity contribution in [1.29, 1.82) is 0 Å². The quantitative estimate of drug-likeness (QED) is 0.627. The van der Waals surface area contributed by atoms with E-state index in [0.29, 0.717) is 5.56 Å². The summed E-state index contributed by atoms with van der Waals surface area (Å²) >= 11 is 0. The van der Waals surface area contributed by atoms with Crippen LogP contribution in [0.15, 0.2) is 67.3 Å². The number of sulfonamides is 1. The minimum Gasteiger partial charge on any atom is -0.254 e. The van der Waals surface area contributed by atoms with Gasteiger partial charge in [0.1, 0.15) is 5.25 Å². The Bertz CT molecular complexity index is 769. The summed E-state index contributed by atoms with van der Waals surface area (Å²) in [6.07, 6.45) is 0.892. The van der Waals surface area contributed by atoms with E-state index in [1.807, 2.05) is 49.4 Å². The first kappa shape index (κ1) is 15.0. The van der Waals surface area contributed by atoms with Gasteiger partial charge < -0.3 is 0 Å². The number of nitrogens with zero attached hydrogens (tertiary/aromatic N) is 1. The van der Waals surface area contributed by atoms with Gasteiger partial charge in [0.05, 0.1) is 0 Å². The monoisotopic (exact) mass is 315 g/mol. The van der Waals surface area contributed by atoms with E-state index in [1.165, 1.54) is 6.08 Å². The van der Waals surface area contributed by atoms with Gasteiger partial charge in [0.25, 0.3) is 0 Å². The molecule has 114 valence electrons. The van der Waals surface area contributed by atoms with Crippen molar-refractivity contribution in [3.8, 4) is 0 Å². The predicted octanol–water partition coefficient (Wildman–Crippen LogP) is 3.50. The summed E-state index contributed by atoms with van der Waals surface area (Å²) in [6.45, 7) is 5.63. The summed E-state index contributed by atoms with van der Waals surface area (Å²) in [6, 6.07) is 16.7. The third-order valence-electron chi connectivity index (χ3n) is 3.63. The number of benzene rings is 2. The standard InChI is InChI=1S/C17H17NO3S/c1-3-16(14-11-9-13(2)10-12-14)22(19,20)18-17(21-18)15-7-5-4-6-8-15/h3-12,16-17H,1H2,2H3. The Kier molecular flexibility index (Phi) is 3.87. The fraction of sp³-hybridized carbons (Fsp3) is 0.176. The fourth-order valence-electron chi connectivity index (χ4n) is 2.36. The molecule has 1 saturated heterocycles. The van der Waals surface area contributed by atoms with Gasteiger partial charge in [-0.15, -0.1) is 6.58 Å². The predicted molar refractivity (Wildman–Crippen MR) is 85.1 cm³/mol. The SMILES string of the molecule is C=CC(c1ccc(C)cc1)S(=O)(=O)N1OC1c1ccccc1. The zero-order valence-electron chi connectivity index (χ0n) is 12.2. The highest BCUT2D eigenvalue weighted by molar-refractivity contribution is 7.89. The number of hydroxylamine groups is 1. The Morgan fingerprint density at radius 1 is 1.14 bits per heavy atom. The Balaban J connectivity index is 1.86. The van der Waals surface area contributed by atoms with E-state index in [4.69, 9.17) is 4.84 Å². The van der Waals surface area contributed by atoms with E-state index in [9.17, 15) is 8.42 Å². The van der Waals surface area contributed by atoms with Crippen LogP contribution in [0.3, 0.4) is 0 Å². The molecule has 0 radical (unpaired) electrons. The van der Waals surface area contributed by atoms with Crippen molar-refractivity contribution >= 4 is 10.0 Å². The molecule has 2 aromatic rings. The molecular weight excluding hydrogens is 298 g/mol. The van der Waals surface area contributed by atoms with Crippen LogP contribution in [-0.2, 0) is 14.9 Å². The highest BCUT2D eigenvalue weighted by Crippen LogP contribution is 2.44. The first-order valence-corrected chi connectivity index (χ1v) is 8.48. The third kappa shape index (κ3) is 2.70. The normalized spacial score (nSPS) is 22.0. The lowest BCUT2D eigenvalue weighted by molar-refractivity contribution is 0.282. The summed E-state index contributed by atoms with van der Waals surface area (Å²) < 4.78 is 26.5. The van der Waals surface area contributed by atoms with Crippen LogP contribution in [0.1, 0.15) is 28.2 Å². The van der Waals surface area contributed by atoms with Crippen molar-refractivity contribution in [3.63, 3.8) is 0 Å². The molecule has 0 aliphatic carbocycles. The van der Waals surface area contributed by atoms with Crippen LogP contribution in [0.5, 0.6) is 0 Å². The number of hydrogen-bond donors (Lipinski definition) is 0. The lowest BCUT2D eigenvalue weighted by Gasteiger charge is -2.13. The van der Waals surface area contributed by atoms with Crippen molar-refractivity contribution in [2.75, 3.05) is 0 Å². The van der Waals surface area contributed by atoms with E-state index in [0.717, 1.165) is 15.6 Å². The Morgan fingerprint density at radius 3 is 2.36 bits per heavy atom.